The van der Waals surface area contributed by atoms with E-state index in [1.165, 1.54) is 24.3 Å². The topological polar surface area (TPSA) is 45.7 Å². The van der Waals surface area contributed by atoms with Gasteiger partial charge in [-0.2, -0.15) is 0 Å². The quantitative estimate of drug-likeness (QED) is 0.860. The zero-order valence-corrected chi connectivity index (χ0v) is 14.7. The minimum absolute atomic E-state index is 0.117. The molecule has 0 spiro atoms. The second-order valence-electron chi connectivity index (χ2n) is 6.40. The summed E-state index contributed by atoms with van der Waals surface area (Å²) in [5.41, 5.74) is 3.26. The van der Waals surface area contributed by atoms with E-state index in [-0.39, 0.29) is 17.8 Å². The number of carbonyl (C=O) groups is 1. The Hall–Kier alpha value is -2.47. The lowest BCUT2D eigenvalue weighted by atomic mass is 10.1. The van der Waals surface area contributed by atoms with Crippen LogP contribution in [0.5, 0.6) is 0 Å². The highest BCUT2D eigenvalue weighted by Gasteiger charge is 2.27. The Morgan fingerprint density at radius 1 is 1.28 bits per heavy atom. The lowest BCUT2D eigenvalue weighted by molar-refractivity contribution is -0.0247. The zero-order valence-electron chi connectivity index (χ0n) is 14.7. The molecule has 1 aliphatic heterocycles. The Kier molecular flexibility index (Phi) is 4.99. The van der Waals surface area contributed by atoms with Crippen LogP contribution in [0.2, 0.25) is 0 Å². The summed E-state index contributed by atoms with van der Waals surface area (Å²) in [7, 11) is 3.95. The van der Waals surface area contributed by atoms with E-state index in [0.717, 1.165) is 17.1 Å². The molecule has 132 valence electrons. The summed E-state index contributed by atoms with van der Waals surface area (Å²) in [6, 6.07) is 9.62. The molecule has 1 aliphatic rings. The number of amides is 1. The summed E-state index contributed by atoms with van der Waals surface area (Å²) in [6.45, 7) is 3.34. The maximum absolute atomic E-state index is 13.1. The first-order chi connectivity index (χ1) is 11.9. The highest BCUT2D eigenvalue weighted by atomic mass is 19.1. The maximum Gasteiger partial charge on any atom is 0.254 e. The largest absolute Gasteiger partial charge is 0.378 e. The van der Waals surface area contributed by atoms with Crippen molar-refractivity contribution >= 4 is 11.6 Å². The number of nitrogens with zero attached hydrogens (tertiary/aromatic N) is 3. The molecule has 2 aromatic rings. The van der Waals surface area contributed by atoms with Gasteiger partial charge in [-0.3, -0.25) is 9.78 Å². The van der Waals surface area contributed by atoms with Gasteiger partial charge < -0.3 is 14.5 Å². The van der Waals surface area contributed by atoms with Crippen molar-refractivity contribution in [2.75, 3.05) is 38.7 Å². The number of rotatable bonds is 3. The fourth-order valence-corrected chi connectivity index (χ4v) is 2.89. The molecule has 1 saturated heterocycles. The monoisotopic (exact) mass is 343 g/mol. The number of aryl methyl sites for hydroxylation is 1. The van der Waals surface area contributed by atoms with Crippen LogP contribution in [0.15, 0.2) is 36.4 Å². The summed E-state index contributed by atoms with van der Waals surface area (Å²) in [5.74, 6) is -0.467. The maximum atomic E-state index is 13.1. The lowest BCUT2D eigenvalue weighted by Crippen LogP contribution is -2.42. The van der Waals surface area contributed by atoms with Crippen LogP contribution in [0.25, 0.3) is 0 Å². The molecule has 0 aliphatic carbocycles. The Morgan fingerprint density at radius 2 is 2.00 bits per heavy atom. The Morgan fingerprint density at radius 3 is 2.68 bits per heavy atom. The molecule has 1 fully saturated rings. The van der Waals surface area contributed by atoms with Crippen molar-refractivity contribution in [2.45, 2.75) is 13.0 Å². The average molecular weight is 343 g/mol. The Bertz CT molecular complexity index is 762. The predicted molar refractivity (Wildman–Crippen MR) is 94.3 cm³/mol. The molecule has 2 heterocycles. The van der Waals surface area contributed by atoms with E-state index in [4.69, 9.17) is 4.74 Å². The van der Waals surface area contributed by atoms with Crippen LogP contribution in [-0.4, -0.2) is 49.6 Å². The number of pyridine rings is 1. The van der Waals surface area contributed by atoms with Crippen LogP contribution in [0, 0.1) is 12.7 Å². The van der Waals surface area contributed by atoms with Crippen LogP contribution < -0.4 is 4.90 Å². The molecule has 6 heteroatoms. The Labute approximate surface area is 147 Å². The molecule has 0 bridgehead atoms. The van der Waals surface area contributed by atoms with Gasteiger partial charge in [-0.1, -0.05) is 0 Å². The van der Waals surface area contributed by atoms with E-state index in [2.05, 4.69) is 4.98 Å². The Balaban J connectivity index is 1.79. The molecule has 5 nitrogen and oxygen atoms in total. The smallest absolute Gasteiger partial charge is 0.254 e. The third-order valence-corrected chi connectivity index (χ3v) is 4.25. The number of ether oxygens (including phenoxy) is 1. The van der Waals surface area contributed by atoms with Gasteiger partial charge in [0.25, 0.3) is 5.91 Å². The van der Waals surface area contributed by atoms with Crippen molar-refractivity contribution in [3.8, 4) is 0 Å². The van der Waals surface area contributed by atoms with E-state index in [0.29, 0.717) is 25.3 Å². The van der Waals surface area contributed by atoms with Gasteiger partial charge >= 0.3 is 0 Å². The summed E-state index contributed by atoms with van der Waals surface area (Å²) in [4.78, 5) is 21.0. The number of hydrogen-bond donors (Lipinski definition) is 0. The fourth-order valence-electron chi connectivity index (χ4n) is 2.89. The summed E-state index contributed by atoms with van der Waals surface area (Å²) < 4.78 is 18.9. The van der Waals surface area contributed by atoms with Gasteiger partial charge in [0.2, 0.25) is 0 Å². The van der Waals surface area contributed by atoms with Crippen molar-refractivity contribution < 1.29 is 13.9 Å². The van der Waals surface area contributed by atoms with Crippen LogP contribution >= 0.6 is 0 Å². The number of anilines is 1. The summed E-state index contributed by atoms with van der Waals surface area (Å²) in [6.07, 6.45) is -0.267. The van der Waals surface area contributed by atoms with E-state index < -0.39 is 0 Å². The van der Waals surface area contributed by atoms with Gasteiger partial charge in [0.05, 0.1) is 18.8 Å². The molecule has 1 atom stereocenters. The minimum Gasteiger partial charge on any atom is -0.378 e. The summed E-state index contributed by atoms with van der Waals surface area (Å²) in [5, 5.41) is 0. The van der Waals surface area contributed by atoms with Crippen LogP contribution in [0.3, 0.4) is 0 Å². The SMILES string of the molecule is Cc1cc(N(C)C)cc(C2CN(C(=O)c3ccc(F)cc3)CCO2)n1. The molecule has 0 saturated carbocycles. The zero-order chi connectivity index (χ0) is 18.0. The molecule has 1 unspecified atom stereocenters. The van der Waals surface area contributed by atoms with Gasteiger partial charge in [0, 0.05) is 37.6 Å². The summed E-state index contributed by atoms with van der Waals surface area (Å²) >= 11 is 0. The standard InChI is InChI=1S/C19H22FN3O2/c1-13-10-16(22(2)3)11-17(21-13)18-12-23(8-9-25-18)19(24)14-4-6-15(20)7-5-14/h4-7,10-11,18H,8-9,12H2,1-3H3. The molecule has 1 amide bonds. The van der Waals surface area contributed by atoms with Gasteiger partial charge in [-0.25, -0.2) is 4.39 Å². The second kappa shape index (κ2) is 7.19. The van der Waals surface area contributed by atoms with Crippen molar-refractivity contribution in [1.82, 2.24) is 9.88 Å². The predicted octanol–water partition coefficient (Wildman–Crippen LogP) is 2.81. The first-order valence-corrected chi connectivity index (χ1v) is 8.26. The second-order valence-corrected chi connectivity index (χ2v) is 6.40. The van der Waals surface area contributed by atoms with E-state index >= 15 is 0 Å². The molecule has 25 heavy (non-hydrogen) atoms. The third-order valence-electron chi connectivity index (χ3n) is 4.25. The van der Waals surface area contributed by atoms with Crippen molar-refractivity contribution in [2.24, 2.45) is 0 Å². The molecular formula is C19H22FN3O2. The number of halogens is 1. The number of morpholine rings is 1. The van der Waals surface area contributed by atoms with Crippen molar-refractivity contribution in [3.05, 3.63) is 59.2 Å². The third kappa shape index (κ3) is 3.96. The van der Waals surface area contributed by atoms with Crippen molar-refractivity contribution in [3.63, 3.8) is 0 Å². The van der Waals surface area contributed by atoms with Gasteiger partial charge in [0.15, 0.2) is 0 Å². The number of hydrogen-bond acceptors (Lipinski definition) is 4. The molecule has 1 aromatic carbocycles. The van der Waals surface area contributed by atoms with Crippen molar-refractivity contribution in [1.29, 1.82) is 0 Å². The molecule has 0 N–H and O–H groups in total. The highest BCUT2D eigenvalue weighted by Crippen LogP contribution is 2.25. The van der Waals surface area contributed by atoms with Crippen LogP contribution in [-0.2, 0) is 4.74 Å². The van der Waals surface area contributed by atoms with Gasteiger partial charge in [-0.15, -0.1) is 0 Å². The van der Waals surface area contributed by atoms with E-state index in [1.807, 2.05) is 38.1 Å². The first kappa shape index (κ1) is 17.4. The molecule has 3 rings (SSSR count). The van der Waals surface area contributed by atoms with E-state index in [1.54, 1.807) is 4.90 Å². The van der Waals surface area contributed by atoms with E-state index in [9.17, 15) is 9.18 Å². The normalized spacial score (nSPS) is 17.4. The average Bonchev–Trinajstić information content (AvgIpc) is 2.61. The lowest BCUT2D eigenvalue weighted by Gasteiger charge is -2.33. The highest BCUT2D eigenvalue weighted by molar-refractivity contribution is 5.94. The number of carbonyl (C=O) groups excluding carboxylic acids is 1. The minimum atomic E-state index is -0.350. The first-order valence-electron chi connectivity index (χ1n) is 8.26. The molecular weight excluding hydrogens is 321 g/mol. The van der Waals surface area contributed by atoms with Crippen LogP contribution in [0.4, 0.5) is 10.1 Å². The number of benzene rings is 1. The fraction of sp³-hybridized carbons (Fsp3) is 0.368. The van der Waals surface area contributed by atoms with Crippen LogP contribution in [0.1, 0.15) is 27.8 Å². The molecule has 1 aromatic heterocycles. The molecule has 0 radical (unpaired) electrons. The number of aromatic nitrogens is 1. The van der Waals surface area contributed by atoms with Gasteiger partial charge in [0.1, 0.15) is 11.9 Å². The van der Waals surface area contributed by atoms with Gasteiger partial charge in [-0.05, 0) is 43.3 Å².